The van der Waals surface area contributed by atoms with Crippen molar-refractivity contribution in [3.05, 3.63) is 72.1 Å². The first kappa shape index (κ1) is 56.3. The third-order valence-corrected chi connectivity index (χ3v) is 19.2. The lowest BCUT2D eigenvalue weighted by molar-refractivity contribution is -0.352. The Morgan fingerprint density at radius 2 is 1.41 bits per heavy atom. The molecule has 0 bridgehead atoms. The molecule has 7 aliphatic rings. The van der Waals surface area contributed by atoms with Crippen molar-refractivity contribution in [1.82, 2.24) is 4.98 Å². The molecule has 18 nitrogen and oxygen atoms in total. The Bertz CT molecular complexity index is 2280. The van der Waals surface area contributed by atoms with E-state index in [1.807, 2.05) is 51.1 Å². The summed E-state index contributed by atoms with van der Waals surface area (Å²) in [6.45, 7) is 11.3. The van der Waals surface area contributed by atoms with Crippen LogP contribution in [0, 0.1) is 28.6 Å². The van der Waals surface area contributed by atoms with Crippen LogP contribution in [0.15, 0.2) is 60.9 Å². The third-order valence-electron chi connectivity index (χ3n) is 19.2. The SMILES string of the molecule is CO[C@@H]1[C@@H](O)[C@H](O[C@H]2[C@@H](OC)C[C@H](O[C@H]3[C@@H](OC)C[C@H](O[C@H]4CC[C@]5(C)C6C[C@@H](OC(=O)/C=C/c7ccccc7)[C@]7(C)[C@](O)(C(C)OC(=O)c8cccnc8)CC[C@]7(O)[C@@H]6CC[C@H]5C4)O[C@@H]3C)O[C@@H]2C)O[C@H](C)[C@H]1O. The Labute approximate surface area is 441 Å². The molecule has 3 aliphatic heterocycles. The predicted octanol–water partition coefficient (Wildman–Crippen LogP) is 5.69. The van der Waals surface area contributed by atoms with E-state index in [0.717, 1.165) is 31.2 Å². The van der Waals surface area contributed by atoms with Gasteiger partial charge in [0.15, 0.2) is 18.9 Å². The summed E-state index contributed by atoms with van der Waals surface area (Å²) in [4.78, 5) is 31.4. The number of methoxy groups -OCH3 is 3. The molecular formula is C57H81NO17. The van der Waals surface area contributed by atoms with Crippen LogP contribution in [0.3, 0.4) is 0 Å². The number of ether oxygens (including phenoxy) is 11. The predicted molar refractivity (Wildman–Crippen MR) is 269 cm³/mol. The number of fused-ring (bicyclic) bond motifs is 5. The molecule has 0 radical (unpaired) electrons. The fourth-order valence-electron chi connectivity index (χ4n) is 14.8. The van der Waals surface area contributed by atoms with Crippen LogP contribution in [0.25, 0.3) is 6.08 Å². The Morgan fingerprint density at radius 1 is 0.733 bits per heavy atom. The smallest absolute Gasteiger partial charge is 0.340 e. The lowest BCUT2D eigenvalue weighted by Gasteiger charge is -2.66. The minimum absolute atomic E-state index is 0.0549. The largest absolute Gasteiger partial charge is 0.458 e. The molecule has 75 heavy (non-hydrogen) atoms. The van der Waals surface area contributed by atoms with Crippen LogP contribution in [0.4, 0.5) is 0 Å². The van der Waals surface area contributed by atoms with Gasteiger partial charge < -0.3 is 72.5 Å². The summed E-state index contributed by atoms with van der Waals surface area (Å²) in [6.07, 6.45) is 0.354. The molecule has 0 spiro atoms. The van der Waals surface area contributed by atoms with E-state index in [9.17, 15) is 30.0 Å². The summed E-state index contributed by atoms with van der Waals surface area (Å²) in [7, 11) is 4.66. The first-order chi connectivity index (χ1) is 35.8. The van der Waals surface area contributed by atoms with E-state index in [0.29, 0.717) is 25.7 Å². The Morgan fingerprint density at radius 3 is 2.07 bits per heavy atom. The standard InChI is InChI=1S/C57H81NO17/c1-31-47(60)51(67-9)48(61)53(70-31)75-50-33(3)69-46(29-42(50)66-8)74-49-32(2)68-45(28-41(49)65-7)72-38-21-22-54(5)37(26-38)18-19-39-40(54)27-43(73-44(59)20-17-35-14-11-10-12-15-35)55(6)56(63,23-24-57(39,55)64)34(4)71-52(62)36-16-13-25-58-30-36/h10-17,20,25,30-34,37-43,45-51,53,60-61,63-64H,18-19,21-24,26-29H2,1-9H3/b20-17+/t31-,32-,33-,34?,37+,38+,39-,40?,41+,42+,43-,45+,46+,47-,48-,49-,50-,51+,53+,54+,55-,56-,57+/m1/s1. The van der Waals surface area contributed by atoms with Gasteiger partial charge in [0.2, 0.25) is 0 Å². The van der Waals surface area contributed by atoms with Crippen molar-refractivity contribution in [3.63, 3.8) is 0 Å². The molecule has 2 aromatic rings. The molecule has 4 heterocycles. The Hall–Kier alpha value is -3.47. The van der Waals surface area contributed by atoms with Gasteiger partial charge >= 0.3 is 11.9 Å². The van der Waals surface area contributed by atoms with Crippen molar-refractivity contribution in [2.24, 2.45) is 28.6 Å². The van der Waals surface area contributed by atoms with Gasteiger partial charge in [0.1, 0.15) is 48.3 Å². The van der Waals surface area contributed by atoms with Gasteiger partial charge in [-0.25, -0.2) is 9.59 Å². The molecule has 23 atom stereocenters. The molecule has 416 valence electrons. The Kier molecular flexibility index (Phi) is 17.0. The highest BCUT2D eigenvalue weighted by Gasteiger charge is 2.77. The number of rotatable bonds is 15. The molecular weight excluding hydrogens is 971 g/mol. The third kappa shape index (κ3) is 10.5. The van der Waals surface area contributed by atoms with Crippen molar-refractivity contribution in [2.45, 2.75) is 215 Å². The summed E-state index contributed by atoms with van der Waals surface area (Å²) in [5.74, 6) is -1.27. The Balaban J connectivity index is 0.855. The average Bonchev–Trinajstić information content (AvgIpc) is 3.67. The monoisotopic (exact) mass is 1050 g/mol. The molecule has 4 N–H and O–H groups in total. The topological polar surface area (TPSA) is 229 Å². The average molecular weight is 1050 g/mol. The maximum absolute atomic E-state index is 13.9. The van der Waals surface area contributed by atoms with E-state index in [-0.39, 0.29) is 53.8 Å². The number of hydrogen-bond donors (Lipinski definition) is 4. The molecule has 1 aromatic heterocycles. The molecule has 1 aromatic carbocycles. The number of nitrogens with zero attached hydrogens (tertiary/aromatic N) is 1. The normalized spacial score (nSPS) is 45.2. The second kappa shape index (κ2) is 22.7. The van der Waals surface area contributed by atoms with Crippen molar-refractivity contribution in [3.8, 4) is 0 Å². The zero-order valence-electron chi connectivity index (χ0n) is 44.9. The van der Waals surface area contributed by atoms with Gasteiger partial charge in [-0.15, -0.1) is 0 Å². The van der Waals surface area contributed by atoms with Crippen LogP contribution in [0.5, 0.6) is 0 Å². The number of hydrogen-bond acceptors (Lipinski definition) is 18. The van der Waals surface area contributed by atoms with Crippen LogP contribution in [-0.2, 0) is 56.9 Å². The summed E-state index contributed by atoms with van der Waals surface area (Å²) in [5.41, 5.74) is -3.79. The molecule has 2 unspecified atom stereocenters. The molecule has 7 fully saturated rings. The van der Waals surface area contributed by atoms with Gasteiger partial charge in [-0.2, -0.15) is 0 Å². The number of aliphatic hydroxyl groups excluding tert-OH is 2. The summed E-state index contributed by atoms with van der Waals surface area (Å²) < 4.78 is 68.3. The van der Waals surface area contributed by atoms with Crippen LogP contribution in [0.1, 0.15) is 122 Å². The van der Waals surface area contributed by atoms with Crippen LogP contribution >= 0.6 is 0 Å². The van der Waals surface area contributed by atoms with Gasteiger partial charge in [0.05, 0.1) is 53.2 Å². The zero-order valence-corrected chi connectivity index (χ0v) is 44.9. The van der Waals surface area contributed by atoms with E-state index in [1.54, 1.807) is 52.5 Å². The lowest BCUT2D eigenvalue weighted by atomic mass is 9.42. The van der Waals surface area contributed by atoms with Gasteiger partial charge in [-0.1, -0.05) is 44.2 Å². The first-order valence-electron chi connectivity index (χ1n) is 27.1. The second-order valence-corrected chi connectivity index (χ2v) is 22.9. The fraction of sp³-hybridized carbons (Fsp3) is 0.737. The summed E-state index contributed by atoms with van der Waals surface area (Å²) in [5, 5.41) is 47.8. The first-order valence-corrected chi connectivity index (χ1v) is 27.1. The van der Waals surface area contributed by atoms with E-state index >= 15 is 0 Å². The highest BCUT2D eigenvalue weighted by molar-refractivity contribution is 5.89. The summed E-state index contributed by atoms with van der Waals surface area (Å²) in [6, 6.07) is 12.7. The highest BCUT2D eigenvalue weighted by Crippen LogP contribution is 2.71. The number of esters is 2. The number of carbonyl (C=O) groups excluding carboxylic acids is 2. The zero-order chi connectivity index (χ0) is 53.6. The minimum Gasteiger partial charge on any atom is -0.458 e. The number of aromatic nitrogens is 1. The van der Waals surface area contributed by atoms with Crippen LogP contribution in [-0.4, -0.2) is 168 Å². The van der Waals surface area contributed by atoms with Crippen molar-refractivity contribution in [1.29, 1.82) is 0 Å². The number of aliphatic hydroxyl groups is 4. The van der Waals surface area contributed by atoms with E-state index in [4.69, 9.17) is 52.1 Å². The minimum atomic E-state index is -1.74. The van der Waals surface area contributed by atoms with E-state index in [2.05, 4.69) is 11.9 Å². The van der Waals surface area contributed by atoms with Crippen molar-refractivity contribution >= 4 is 18.0 Å². The molecule has 0 amide bonds. The highest BCUT2D eigenvalue weighted by atomic mass is 16.8. The van der Waals surface area contributed by atoms with Gasteiger partial charge in [0, 0.05) is 52.6 Å². The number of pyridine rings is 1. The van der Waals surface area contributed by atoms with Crippen molar-refractivity contribution in [2.75, 3.05) is 21.3 Å². The van der Waals surface area contributed by atoms with Crippen molar-refractivity contribution < 1.29 is 82.1 Å². The second-order valence-electron chi connectivity index (χ2n) is 22.9. The maximum Gasteiger partial charge on any atom is 0.340 e. The number of benzene rings is 1. The lowest BCUT2D eigenvalue weighted by Crippen LogP contribution is -2.72. The number of carbonyl (C=O) groups is 2. The molecule has 9 rings (SSSR count). The fourth-order valence-corrected chi connectivity index (χ4v) is 14.8. The summed E-state index contributed by atoms with van der Waals surface area (Å²) >= 11 is 0. The van der Waals surface area contributed by atoms with Crippen LogP contribution < -0.4 is 0 Å². The van der Waals surface area contributed by atoms with Crippen LogP contribution in [0.2, 0.25) is 0 Å². The van der Waals surface area contributed by atoms with Gasteiger partial charge in [-0.3, -0.25) is 4.98 Å². The molecule has 4 saturated carbocycles. The van der Waals surface area contributed by atoms with E-state index < -0.39 is 115 Å². The molecule has 3 saturated heterocycles. The maximum atomic E-state index is 13.9. The van der Waals surface area contributed by atoms with Gasteiger partial charge in [0.25, 0.3) is 0 Å². The molecule has 18 heteroatoms. The molecule has 4 aliphatic carbocycles. The van der Waals surface area contributed by atoms with Gasteiger partial charge in [-0.05, 0) is 126 Å². The quantitative estimate of drug-likeness (QED) is 0.0954. The van der Waals surface area contributed by atoms with E-state index in [1.165, 1.54) is 19.4 Å².